The van der Waals surface area contributed by atoms with E-state index in [1.807, 2.05) is 26.1 Å². The van der Waals surface area contributed by atoms with Gasteiger partial charge in [0.2, 0.25) is 0 Å². The summed E-state index contributed by atoms with van der Waals surface area (Å²) in [4.78, 5) is 18.7. The van der Waals surface area contributed by atoms with Crippen LogP contribution in [-0.4, -0.2) is 52.5 Å². The summed E-state index contributed by atoms with van der Waals surface area (Å²) in [6.07, 6.45) is 3.60. The third-order valence-corrected chi connectivity index (χ3v) is 3.59. The first-order valence-corrected chi connectivity index (χ1v) is 7.50. The van der Waals surface area contributed by atoms with Gasteiger partial charge >= 0.3 is 5.97 Å². The van der Waals surface area contributed by atoms with Crippen LogP contribution in [0.2, 0.25) is 0 Å². The molecule has 1 unspecified atom stereocenters. The zero-order valence-corrected chi connectivity index (χ0v) is 13.0. The zero-order valence-electron chi connectivity index (χ0n) is 13.0. The number of aromatic nitrogens is 3. The van der Waals surface area contributed by atoms with Crippen LogP contribution in [0, 0.1) is 0 Å². The Bertz CT molecular complexity index is 674. The van der Waals surface area contributed by atoms with Gasteiger partial charge in [-0.2, -0.15) is 5.10 Å². The second-order valence-corrected chi connectivity index (χ2v) is 5.49. The number of fused-ring (bicyclic) bond motifs is 1. The van der Waals surface area contributed by atoms with E-state index in [9.17, 15) is 4.79 Å². The van der Waals surface area contributed by atoms with E-state index >= 15 is 0 Å². The lowest BCUT2D eigenvalue weighted by Gasteiger charge is -2.36. The summed E-state index contributed by atoms with van der Waals surface area (Å²) in [5.41, 5.74) is 0.904. The maximum atomic E-state index is 12.0. The van der Waals surface area contributed by atoms with Gasteiger partial charge in [0.25, 0.3) is 0 Å². The largest absolute Gasteiger partial charge is 0.462 e. The smallest absolute Gasteiger partial charge is 0.343 e. The lowest BCUT2D eigenvalue weighted by molar-refractivity contribution is -0.00546. The van der Waals surface area contributed by atoms with Gasteiger partial charge in [-0.15, -0.1) is 0 Å². The van der Waals surface area contributed by atoms with Gasteiger partial charge in [-0.1, -0.05) is 0 Å². The Kier molecular flexibility index (Phi) is 3.98. The highest BCUT2D eigenvalue weighted by atomic mass is 16.5. The first-order valence-electron chi connectivity index (χ1n) is 7.50. The van der Waals surface area contributed by atoms with Crippen LogP contribution in [-0.2, 0) is 9.47 Å². The Morgan fingerprint density at radius 2 is 2.14 bits per heavy atom. The zero-order chi connectivity index (χ0) is 15.7. The second kappa shape index (κ2) is 5.92. The number of hydrogen-bond donors (Lipinski definition) is 0. The number of hydrogen-bond acceptors (Lipinski definition) is 6. The fourth-order valence-electron chi connectivity index (χ4n) is 2.75. The van der Waals surface area contributed by atoms with Crippen LogP contribution in [0.3, 0.4) is 0 Å². The van der Waals surface area contributed by atoms with Crippen LogP contribution in [0.5, 0.6) is 0 Å². The van der Waals surface area contributed by atoms with E-state index in [-0.39, 0.29) is 12.2 Å². The minimum Gasteiger partial charge on any atom is -0.462 e. The van der Waals surface area contributed by atoms with Crippen LogP contribution in [0.1, 0.15) is 31.1 Å². The Morgan fingerprint density at radius 1 is 1.41 bits per heavy atom. The van der Waals surface area contributed by atoms with Crippen molar-refractivity contribution in [2.45, 2.75) is 33.0 Å². The van der Waals surface area contributed by atoms with Crippen LogP contribution in [0.4, 0.5) is 5.82 Å². The third kappa shape index (κ3) is 2.76. The SMILES string of the molecule is CCOC(=O)c1cnn2ccc(N3CC(C)O[C@@H](C)C3)nc12. The lowest BCUT2D eigenvalue weighted by Crippen LogP contribution is -2.45. The van der Waals surface area contributed by atoms with Crippen molar-refractivity contribution in [2.75, 3.05) is 24.6 Å². The molecule has 3 heterocycles. The topological polar surface area (TPSA) is 69.0 Å². The Hall–Kier alpha value is -2.15. The van der Waals surface area contributed by atoms with Crippen molar-refractivity contribution in [3.05, 3.63) is 24.0 Å². The van der Waals surface area contributed by atoms with Gasteiger partial charge in [0.15, 0.2) is 5.65 Å². The first-order chi connectivity index (χ1) is 10.6. The Morgan fingerprint density at radius 3 is 2.82 bits per heavy atom. The van der Waals surface area contributed by atoms with Gasteiger partial charge in [-0.05, 0) is 26.8 Å². The average molecular weight is 304 g/mol. The molecule has 1 fully saturated rings. The summed E-state index contributed by atoms with van der Waals surface area (Å²) in [5, 5.41) is 4.15. The van der Waals surface area contributed by atoms with Gasteiger partial charge in [0, 0.05) is 19.3 Å². The Balaban J connectivity index is 1.94. The van der Waals surface area contributed by atoms with Gasteiger partial charge in [-0.3, -0.25) is 0 Å². The number of carbonyl (C=O) groups excluding carboxylic acids is 1. The molecule has 0 amide bonds. The van der Waals surface area contributed by atoms with Gasteiger partial charge < -0.3 is 14.4 Å². The molecule has 1 saturated heterocycles. The van der Waals surface area contributed by atoms with Crippen molar-refractivity contribution in [1.29, 1.82) is 0 Å². The van der Waals surface area contributed by atoms with Crippen molar-refractivity contribution in [1.82, 2.24) is 14.6 Å². The third-order valence-electron chi connectivity index (χ3n) is 3.59. The maximum absolute atomic E-state index is 12.0. The van der Waals surface area contributed by atoms with Crippen LogP contribution in [0.15, 0.2) is 18.5 Å². The van der Waals surface area contributed by atoms with Crippen molar-refractivity contribution >= 4 is 17.4 Å². The summed E-state index contributed by atoms with van der Waals surface area (Å²) in [6, 6.07) is 1.90. The fourth-order valence-corrected chi connectivity index (χ4v) is 2.75. The van der Waals surface area contributed by atoms with Crippen LogP contribution >= 0.6 is 0 Å². The minimum atomic E-state index is -0.397. The number of nitrogens with zero attached hydrogens (tertiary/aromatic N) is 4. The van der Waals surface area contributed by atoms with E-state index in [2.05, 4.69) is 15.0 Å². The molecular formula is C15H20N4O3. The molecule has 2 aromatic heterocycles. The number of esters is 1. The number of carbonyl (C=O) groups is 1. The lowest BCUT2D eigenvalue weighted by atomic mass is 10.2. The molecule has 7 nitrogen and oxygen atoms in total. The molecule has 0 aromatic carbocycles. The highest BCUT2D eigenvalue weighted by molar-refractivity contribution is 5.95. The van der Waals surface area contributed by atoms with E-state index in [0.29, 0.717) is 17.8 Å². The summed E-state index contributed by atoms with van der Waals surface area (Å²) < 4.78 is 12.4. The van der Waals surface area contributed by atoms with Crippen LogP contribution < -0.4 is 4.90 Å². The molecule has 0 bridgehead atoms. The van der Waals surface area contributed by atoms with E-state index < -0.39 is 5.97 Å². The highest BCUT2D eigenvalue weighted by Crippen LogP contribution is 2.20. The first kappa shape index (κ1) is 14.8. The molecular weight excluding hydrogens is 284 g/mol. The molecule has 118 valence electrons. The summed E-state index contributed by atoms with van der Waals surface area (Å²) in [7, 11) is 0. The van der Waals surface area contributed by atoms with Crippen molar-refractivity contribution < 1.29 is 14.3 Å². The van der Waals surface area contributed by atoms with Crippen molar-refractivity contribution in [2.24, 2.45) is 0 Å². The average Bonchev–Trinajstić information content (AvgIpc) is 2.89. The summed E-state index contributed by atoms with van der Waals surface area (Å²) >= 11 is 0. The summed E-state index contributed by atoms with van der Waals surface area (Å²) in [5.74, 6) is 0.423. The van der Waals surface area contributed by atoms with E-state index in [4.69, 9.17) is 9.47 Å². The number of anilines is 1. The molecule has 7 heteroatoms. The number of rotatable bonds is 3. The number of ether oxygens (including phenoxy) is 2. The number of morpholine rings is 1. The molecule has 2 atom stereocenters. The van der Waals surface area contributed by atoms with Crippen LogP contribution in [0.25, 0.3) is 5.65 Å². The normalized spacial score (nSPS) is 22.0. The molecule has 0 aliphatic carbocycles. The highest BCUT2D eigenvalue weighted by Gasteiger charge is 2.24. The van der Waals surface area contributed by atoms with E-state index in [0.717, 1.165) is 18.9 Å². The minimum absolute atomic E-state index is 0.149. The predicted molar refractivity (Wildman–Crippen MR) is 81.2 cm³/mol. The molecule has 3 rings (SSSR count). The maximum Gasteiger partial charge on any atom is 0.343 e. The Labute approximate surface area is 128 Å². The van der Waals surface area contributed by atoms with Gasteiger partial charge in [-0.25, -0.2) is 14.3 Å². The molecule has 1 aliphatic heterocycles. The standard InChI is InChI=1S/C15H20N4O3/c1-4-21-15(20)12-7-16-19-6-5-13(17-14(12)19)18-8-10(2)22-11(3)9-18/h5-7,10-11H,4,8-9H2,1-3H3/t10-,11?/m0/s1. The van der Waals surface area contributed by atoms with Gasteiger partial charge in [0.05, 0.1) is 25.0 Å². The molecule has 1 aliphatic rings. The molecule has 0 radical (unpaired) electrons. The van der Waals surface area contributed by atoms with Crippen molar-refractivity contribution in [3.63, 3.8) is 0 Å². The molecule has 2 aromatic rings. The van der Waals surface area contributed by atoms with E-state index in [1.165, 1.54) is 6.20 Å². The van der Waals surface area contributed by atoms with Gasteiger partial charge in [0.1, 0.15) is 11.4 Å². The fraction of sp³-hybridized carbons (Fsp3) is 0.533. The molecule has 22 heavy (non-hydrogen) atoms. The summed E-state index contributed by atoms with van der Waals surface area (Å²) in [6.45, 7) is 7.74. The monoisotopic (exact) mass is 304 g/mol. The van der Waals surface area contributed by atoms with E-state index in [1.54, 1.807) is 11.4 Å². The molecule has 0 saturated carbocycles. The van der Waals surface area contributed by atoms with Crippen molar-refractivity contribution in [3.8, 4) is 0 Å². The molecule has 0 N–H and O–H groups in total. The second-order valence-electron chi connectivity index (χ2n) is 5.49. The quantitative estimate of drug-likeness (QED) is 0.801. The predicted octanol–water partition coefficient (Wildman–Crippen LogP) is 1.52. The molecule has 0 spiro atoms.